The molecule has 2 aromatic heterocycles. The zero-order chi connectivity index (χ0) is 25.9. The molecule has 0 aliphatic heterocycles. The maximum Gasteiger partial charge on any atom is 0.323 e. The third-order valence-corrected chi connectivity index (χ3v) is 5.50. The number of benzene rings is 2. The molecule has 0 saturated carbocycles. The van der Waals surface area contributed by atoms with Gasteiger partial charge >= 0.3 is 5.92 Å². The Balaban J connectivity index is 1.66. The van der Waals surface area contributed by atoms with Crippen LogP contribution in [-0.2, 0) is 18.1 Å². The monoisotopic (exact) mass is 496 g/mol. The molecule has 7 nitrogen and oxygen atoms in total. The molecule has 0 amide bonds. The molecule has 0 saturated heterocycles. The summed E-state index contributed by atoms with van der Waals surface area (Å²) in [6.07, 6.45) is 2.11. The van der Waals surface area contributed by atoms with Gasteiger partial charge < -0.3 is 10.0 Å². The first kappa shape index (κ1) is 24.8. The van der Waals surface area contributed by atoms with Gasteiger partial charge in [-0.1, -0.05) is 11.8 Å². The van der Waals surface area contributed by atoms with Crippen LogP contribution < -0.4 is 4.90 Å². The number of aliphatic hydroxyl groups is 1. The molecule has 4 aromatic rings. The standard InChI is InChI=1S/C25H20F4N6O/c1-34(2)20-9-5-17(6-10-20)3-4-18-7-12-23(30-14-18)25(28,29)24(36,15-35-16-31-32-33-35)21-11-8-19(26)13-22(21)27/h5-14,16,36H,15H2,1-2H3. The Bertz CT molecular complexity index is 1400. The molecule has 36 heavy (non-hydrogen) atoms. The van der Waals surface area contributed by atoms with E-state index in [-0.39, 0.29) is 0 Å². The number of rotatable bonds is 6. The average molecular weight is 496 g/mol. The van der Waals surface area contributed by atoms with E-state index in [9.17, 15) is 13.9 Å². The van der Waals surface area contributed by atoms with Crippen LogP contribution in [0.15, 0.2) is 67.1 Å². The highest BCUT2D eigenvalue weighted by Crippen LogP contribution is 2.46. The minimum atomic E-state index is -4.13. The van der Waals surface area contributed by atoms with Gasteiger partial charge in [0.05, 0.1) is 6.54 Å². The summed E-state index contributed by atoms with van der Waals surface area (Å²) in [5.41, 5.74) is -2.81. The molecule has 0 spiro atoms. The van der Waals surface area contributed by atoms with Gasteiger partial charge in [-0.05, 0) is 59.0 Å². The second-order valence-corrected chi connectivity index (χ2v) is 8.19. The van der Waals surface area contributed by atoms with E-state index in [0.29, 0.717) is 11.6 Å². The van der Waals surface area contributed by atoms with E-state index in [1.807, 2.05) is 43.3 Å². The molecule has 2 aromatic carbocycles. The van der Waals surface area contributed by atoms with Gasteiger partial charge in [0.2, 0.25) is 0 Å². The zero-order valence-corrected chi connectivity index (χ0v) is 19.2. The fourth-order valence-corrected chi connectivity index (χ4v) is 3.52. The summed E-state index contributed by atoms with van der Waals surface area (Å²) in [6, 6.07) is 11.7. The lowest BCUT2D eigenvalue weighted by Gasteiger charge is -2.35. The van der Waals surface area contributed by atoms with Crippen molar-refractivity contribution in [2.24, 2.45) is 0 Å². The van der Waals surface area contributed by atoms with Crippen LogP contribution in [-0.4, -0.2) is 44.4 Å². The Morgan fingerprint density at radius 3 is 2.25 bits per heavy atom. The minimum Gasteiger partial charge on any atom is -0.378 e. The lowest BCUT2D eigenvalue weighted by atomic mass is 9.84. The molecule has 2 heterocycles. The first-order chi connectivity index (χ1) is 17.1. The SMILES string of the molecule is CN(C)c1ccc(C#Cc2ccc(C(F)(F)C(O)(Cn3cnnn3)c3ccc(F)cc3F)nc2)cc1. The molecule has 0 bridgehead atoms. The predicted octanol–water partition coefficient (Wildman–Crippen LogP) is 3.49. The van der Waals surface area contributed by atoms with Gasteiger partial charge in [-0.3, -0.25) is 4.98 Å². The minimum absolute atomic E-state index is 0.350. The largest absolute Gasteiger partial charge is 0.378 e. The number of hydrogen-bond donors (Lipinski definition) is 1. The van der Waals surface area contributed by atoms with Crippen molar-refractivity contribution in [1.82, 2.24) is 25.2 Å². The zero-order valence-electron chi connectivity index (χ0n) is 19.2. The summed E-state index contributed by atoms with van der Waals surface area (Å²) >= 11 is 0. The average Bonchev–Trinajstić information content (AvgIpc) is 3.36. The highest BCUT2D eigenvalue weighted by molar-refractivity contribution is 5.50. The Hall–Kier alpha value is -4.30. The molecular weight excluding hydrogens is 476 g/mol. The highest BCUT2D eigenvalue weighted by Gasteiger charge is 2.57. The van der Waals surface area contributed by atoms with E-state index in [2.05, 4.69) is 32.4 Å². The third kappa shape index (κ3) is 4.89. The van der Waals surface area contributed by atoms with Gasteiger partial charge in [0.15, 0.2) is 5.60 Å². The van der Waals surface area contributed by atoms with Crippen molar-refractivity contribution in [3.05, 3.63) is 101 Å². The lowest BCUT2D eigenvalue weighted by molar-refractivity contribution is -0.207. The smallest absolute Gasteiger partial charge is 0.323 e. The van der Waals surface area contributed by atoms with E-state index in [1.165, 1.54) is 6.07 Å². The first-order valence-electron chi connectivity index (χ1n) is 10.6. The van der Waals surface area contributed by atoms with E-state index in [0.717, 1.165) is 46.7 Å². The van der Waals surface area contributed by atoms with Gasteiger partial charge in [0.25, 0.3) is 0 Å². The fraction of sp³-hybridized carbons (Fsp3) is 0.200. The van der Waals surface area contributed by atoms with Crippen molar-refractivity contribution in [3.63, 3.8) is 0 Å². The molecule has 0 fully saturated rings. The van der Waals surface area contributed by atoms with Crippen molar-refractivity contribution in [2.75, 3.05) is 19.0 Å². The summed E-state index contributed by atoms with van der Waals surface area (Å²) in [7, 11) is 3.83. The van der Waals surface area contributed by atoms with Crippen LogP contribution in [0.1, 0.15) is 22.4 Å². The van der Waals surface area contributed by atoms with Crippen molar-refractivity contribution in [3.8, 4) is 11.8 Å². The van der Waals surface area contributed by atoms with E-state index < -0.39 is 41.0 Å². The molecule has 4 rings (SSSR count). The van der Waals surface area contributed by atoms with Crippen molar-refractivity contribution < 1.29 is 22.7 Å². The van der Waals surface area contributed by atoms with Gasteiger partial charge in [0, 0.05) is 48.7 Å². The van der Waals surface area contributed by atoms with Crippen molar-refractivity contribution >= 4 is 5.69 Å². The number of anilines is 1. The van der Waals surface area contributed by atoms with Crippen LogP contribution in [0.25, 0.3) is 0 Å². The molecule has 184 valence electrons. The number of alkyl halides is 2. The van der Waals surface area contributed by atoms with Crippen LogP contribution in [0.4, 0.5) is 23.2 Å². The summed E-state index contributed by atoms with van der Waals surface area (Å²) in [4.78, 5) is 5.73. The number of nitrogens with zero attached hydrogens (tertiary/aromatic N) is 6. The number of halogens is 4. The lowest BCUT2D eigenvalue weighted by Crippen LogP contribution is -2.48. The molecule has 11 heteroatoms. The fourth-order valence-electron chi connectivity index (χ4n) is 3.52. The number of aromatic nitrogens is 5. The second kappa shape index (κ2) is 9.75. The first-order valence-corrected chi connectivity index (χ1v) is 10.6. The van der Waals surface area contributed by atoms with Gasteiger partial charge in [-0.2, -0.15) is 8.78 Å². The van der Waals surface area contributed by atoms with Crippen LogP contribution in [0.2, 0.25) is 0 Å². The van der Waals surface area contributed by atoms with Crippen LogP contribution in [0.3, 0.4) is 0 Å². The van der Waals surface area contributed by atoms with E-state index in [4.69, 9.17) is 0 Å². The third-order valence-electron chi connectivity index (χ3n) is 5.50. The molecule has 1 unspecified atom stereocenters. The molecule has 0 radical (unpaired) electrons. The van der Waals surface area contributed by atoms with Crippen molar-refractivity contribution in [1.29, 1.82) is 0 Å². The quantitative estimate of drug-likeness (QED) is 0.325. The summed E-state index contributed by atoms with van der Waals surface area (Å²) < 4.78 is 60.4. The molecule has 1 atom stereocenters. The van der Waals surface area contributed by atoms with E-state index in [1.54, 1.807) is 0 Å². The van der Waals surface area contributed by atoms with Crippen LogP contribution >= 0.6 is 0 Å². The van der Waals surface area contributed by atoms with Gasteiger partial charge in [-0.25, -0.2) is 13.5 Å². The molecular formula is C25H20F4N6O. The van der Waals surface area contributed by atoms with Gasteiger partial charge in [-0.15, -0.1) is 5.10 Å². The summed E-state index contributed by atoms with van der Waals surface area (Å²) in [5, 5.41) is 21.4. The van der Waals surface area contributed by atoms with Crippen molar-refractivity contribution in [2.45, 2.75) is 18.1 Å². The molecule has 1 N–H and O–H groups in total. The van der Waals surface area contributed by atoms with Crippen LogP contribution in [0, 0.1) is 23.5 Å². The second-order valence-electron chi connectivity index (χ2n) is 8.19. The number of pyridine rings is 1. The van der Waals surface area contributed by atoms with Gasteiger partial charge in [0.1, 0.15) is 23.7 Å². The molecule has 0 aliphatic carbocycles. The summed E-state index contributed by atoms with van der Waals surface area (Å²) in [5.74, 6) is -0.699. The molecule has 0 aliphatic rings. The number of tetrazole rings is 1. The Kier molecular flexibility index (Phi) is 6.72. The predicted molar refractivity (Wildman–Crippen MR) is 123 cm³/mol. The Morgan fingerprint density at radius 2 is 1.67 bits per heavy atom. The maximum absolute atomic E-state index is 15.8. The maximum atomic E-state index is 15.8. The normalized spacial score (nSPS) is 13.0. The van der Waals surface area contributed by atoms with E-state index >= 15 is 8.78 Å². The van der Waals surface area contributed by atoms with Crippen LogP contribution in [0.5, 0.6) is 0 Å². The highest BCUT2D eigenvalue weighted by atomic mass is 19.3. The Labute approximate surface area is 204 Å². The topological polar surface area (TPSA) is 80.0 Å². The number of hydrogen-bond acceptors (Lipinski definition) is 6. The Morgan fingerprint density at radius 1 is 0.972 bits per heavy atom. The summed E-state index contributed by atoms with van der Waals surface area (Å²) in [6.45, 7) is -0.929.